The molecule has 126 valence electrons. The number of carbonyl (C=O) groups is 1. The van der Waals surface area contributed by atoms with Crippen LogP contribution in [0, 0.1) is 5.92 Å². The highest BCUT2D eigenvalue weighted by Crippen LogP contribution is 2.21. The third kappa shape index (κ3) is 4.36. The molecule has 7 heteroatoms. The smallest absolute Gasteiger partial charge is 0.251 e. The average Bonchev–Trinajstić information content (AvgIpc) is 2.60. The van der Waals surface area contributed by atoms with Crippen LogP contribution in [0.4, 0.5) is 5.82 Å². The number of nitrogens with one attached hydrogen (secondary N) is 1. The number of amides is 1. The van der Waals surface area contributed by atoms with E-state index < -0.39 is 0 Å². The molecule has 0 radical (unpaired) electrons. The highest BCUT2D eigenvalue weighted by atomic mass is 35.5. The first-order valence-corrected chi connectivity index (χ1v) is 8.62. The van der Waals surface area contributed by atoms with Gasteiger partial charge in [0.05, 0.1) is 6.20 Å². The van der Waals surface area contributed by atoms with E-state index in [-0.39, 0.29) is 5.91 Å². The fourth-order valence-corrected chi connectivity index (χ4v) is 3.37. The van der Waals surface area contributed by atoms with E-state index in [9.17, 15) is 4.79 Å². The van der Waals surface area contributed by atoms with Crippen LogP contribution < -0.4 is 10.2 Å². The molecule has 0 aliphatic carbocycles. The molecule has 24 heavy (non-hydrogen) atoms. The van der Waals surface area contributed by atoms with Crippen molar-refractivity contribution in [2.45, 2.75) is 12.8 Å². The van der Waals surface area contributed by atoms with Crippen molar-refractivity contribution in [3.8, 4) is 0 Å². The first-order valence-electron chi connectivity index (χ1n) is 7.87. The maximum absolute atomic E-state index is 12.2. The van der Waals surface area contributed by atoms with Crippen molar-refractivity contribution in [2.24, 2.45) is 5.92 Å². The van der Waals surface area contributed by atoms with Crippen LogP contribution in [0.5, 0.6) is 0 Å². The van der Waals surface area contributed by atoms with Crippen molar-refractivity contribution >= 4 is 34.9 Å². The van der Waals surface area contributed by atoms with Crippen molar-refractivity contribution in [1.29, 1.82) is 0 Å². The number of benzene rings is 1. The third-order valence-corrected chi connectivity index (χ3v) is 4.60. The summed E-state index contributed by atoms with van der Waals surface area (Å²) >= 11 is 11.9. The lowest BCUT2D eigenvalue weighted by Gasteiger charge is -2.32. The van der Waals surface area contributed by atoms with Gasteiger partial charge in [0.2, 0.25) is 0 Å². The van der Waals surface area contributed by atoms with Crippen molar-refractivity contribution in [3.05, 3.63) is 52.4 Å². The second kappa shape index (κ2) is 7.81. The van der Waals surface area contributed by atoms with Crippen molar-refractivity contribution in [1.82, 2.24) is 15.3 Å². The van der Waals surface area contributed by atoms with E-state index in [0.717, 1.165) is 31.7 Å². The van der Waals surface area contributed by atoms with Crippen LogP contribution in [0.1, 0.15) is 23.2 Å². The maximum Gasteiger partial charge on any atom is 0.251 e. The van der Waals surface area contributed by atoms with Crippen molar-refractivity contribution < 1.29 is 4.79 Å². The number of piperidine rings is 1. The number of aromatic nitrogens is 2. The highest BCUT2D eigenvalue weighted by Gasteiger charge is 2.21. The number of rotatable bonds is 4. The van der Waals surface area contributed by atoms with E-state index >= 15 is 0 Å². The van der Waals surface area contributed by atoms with Crippen LogP contribution in [0.25, 0.3) is 0 Å². The van der Waals surface area contributed by atoms with Crippen LogP contribution in [0.3, 0.4) is 0 Å². The second-order valence-electron chi connectivity index (χ2n) is 5.86. The molecule has 5 nitrogen and oxygen atoms in total. The first-order chi connectivity index (χ1) is 11.6. The van der Waals surface area contributed by atoms with Gasteiger partial charge in [-0.15, -0.1) is 0 Å². The molecule has 0 bridgehead atoms. The minimum Gasteiger partial charge on any atom is -0.355 e. The molecule has 3 rings (SSSR count). The van der Waals surface area contributed by atoms with E-state index in [1.165, 1.54) is 0 Å². The van der Waals surface area contributed by atoms with Crippen LogP contribution in [0.15, 0.2) is 36.8 Å². The van der Waals surface area contributed by atoms with Crippen molar-refractivity contribution in [2.75, 3.05) is 24.5 Å². The standard InChI is InChI=1S/C17H18Cl2N4O/c18-14-7-13(8-15(19)9-14)17(24)22-10-12-1-5-23(6-2-12)16-11-20-3-4-21-16/h3-4,7-9,11-12H,1-2,5-6,10H2,(H,22,24). The molecule has 1 saturated heterocycles. The largest absolute Gasteiger partial charge is 0.355 e. The van der Waals surface area contributed by atoms with E-state index in [4.69, 9.17) is 23.2 Å². The monoisotopic (exact) mass is 364 g/mol. The van der Waals surface area contributed by atoms with E-state index in [0.29, 0.717) is 28.1 Å². The van der Waals surface area contributed by atoms with Gasteiger partial charge in [-0.3, -0.25) is 9.78 Å². The minimum atomic E-state index is -0.143. The van der Waals surface area contributed by atoms with E-state index in [1.807, 2.05) is 0 Å². The molecule has 1 aromatic carbocycles. The van der Waals surface area contributed by atoms with Gasteiger partial charge in [-0.2, -0.15) is 0 Å². The maximum atomic E-state index is 12.2. The lowest BCUT2D eigenvalue weighted by atomic mass is 9.96. The molecule has 1 aromatic heterocycles. The summed E-state index contributed by atoms with van der Waals surface area (Å²) in [7, 11) is 0. The summed E-state index contributed by atoms with van der Waals surface area (Å²) in [5.41, 5.74) is 0.490. The van der Waals surface area contributed by atoms with Gasteiger partial charge in [0.15, 0.2) is 0 Å². The Hall–Kier alpha value is -1.85. The summed E-state index contributed by atoms with van der Waals surface area (Å²) in [6.07, 6.45) is 7.18. The number of nitrogens with zero attached hydrogens (tertiary/aromatic N) is 3. The predicted octanol–water partition coefficient (Wildman–Crippen LogP) is 3.43. The molecular weight excluding hydrogens is 347 g/mol. The number of anilines is 1. The molecule has 1 fully saturated rings. The lowest BCUT2D eigenvalue weighted by Crippen LogP contribution is -2.39. The van der Waals surface area contributed by atoms with Crippen LogP contribution in [0.2, 0.25) is 10.0 Å². The van der Waals surface area contributed by atoms with Crippen LogP contribution in [-0.2, 0) is 0 Å². The molecule has 1 aliphatic rings. The normalized spacial score (nSPS) is 15.3. The number of hydrogen-bond acceptors (Lipinski definition) is 4. The number of halogens is 2. The molecule has 2 aromatic rings. The first kappa shape index (κ1) is 17.0. The summed E-state index contributed by atoms with van der Waals surface area (Å²) in [6, 6.07) is 4.86. The molecule has 1 aliphatic heterocycles. The highest BCUT2D eigenvalue weighted by molar-refractivity contribution is 6.35. The Morgan fingerprint density at radius 3 is 2.50 bits per heavy atom. The van der Waals surface area contributed by atoms with Gasteiger partial charge < -0.3 is 10.2 Å². The summed E-state index contributed by atoms with van der Waals surface area (Å²) in [5, 5.41) is 3.90. The molecule has 0 saturated carbocycles. The molecule has 2 heterocycles. The lowest BCUT2D eigenvalue weighted by molar-refractivity contribution is 0.0945. The zero-order valence-corrected chi connectivity index (χ0v) is 14.6. The Morgan fingerprint density at radius 1 is 1.17 bits per heavy atom. The average molecular weight is 365 g/mol. The summed E-state index contributed by atoms with van der Waals surface area (Å²) in [4.78, 5) is 22.9. The fourth-order valence-electron chi connectivity index (χ4n) is 2.84. The SMILES string of the molecule is O=C(NCC1CCN(c2cnccn2)CC1)c1cc(Cl)cc(Cl)c1. The van der Waals surface area contributed by atoms with E-state index in [1.54, 1.807) is 36.8 Å². The summed E-state index contributed by atoms with van der Waals surface area (Å²) < 4.78 is 0. The predicted molar refractivity (Wildman–Crippen MR) is 95.8 cm³/mol. The quantitative estimate of drug-likeness (QED) is 0.902. The Bertz CT molecular complexity index is 683. The third-order valence-electron chi connectivity index (χ3n) is 4.16. The number of hydrogen-bond donors (Lipinski definition) is 1. The van der Waals surface area contributed by atoms with Gasteiger partial charge in [-0.05, 0) is 37.0 Å². The van der Waals surface area contributed by atoms with Crippen molar-refractivity contribution in [3.63, 3.8) is 0 Å². The Morgan fingerprint density at radius 2 is 1.88 bits per heavy atom. The Kier molecular flexibility index (Phi) is 5.53. The second-order valence-corrected chi connectivity index (χ2v) is 6.74. The molecule has 1 N–H and O–H groups in total. The number of carbonyl (C=O) groups excluding carboxylic acids is 1. The molecule has 1 amide bonds. The topological polar surface area (TPSA) is 58.1 Å². The van der Waals surface area contributed by atoms with Gasteiger partial charge in [0.25, 0.3) is 5.91 Å². The zero-order chi connectivity index (χ0) is 16.9. The summed E-state index contributed by atoms with van der Waals surface area (Å²) in [6.45, 7) is 2.49. The Balaban J connectivity index is 1.49. The molecule has 0 unspecified atom stereocenters. The van der Waals surface area contributed by atoms with Crippen LogP contribution >= 0.6 is 23.2 Å². The Labute approximate surface area is 151 Å². The van der Waals surface area contributed by atoms with Gasteiger partial charge in [0, 0.05) is 47.6 Å². The summed E-state index contributed by atoms with van der Waals surface area (Å²) in [5.74, 6) is 1.22. The van der Waals surface area contributed by atoms with E-state index in [2.05, 4.69) is 20.2 Å². The van der Waals surface area contributed by atoms with Gasteiger partial charge >= 0.3 is 0 Å². The van der Waals surface area contributed by atoms with Gasteiger partial charge in [-0.25, -0.2) is 4.98 Å². The molecular formula is C17H18Cl2N4O. The molecule has 0 spiro atoms. The van der Waals surface area contributed by atoms with Crippen LogP contribution in [-0.4, -0.2) is 35.5 Å². The zero-order valence-electron chi connectivity index (χ0n) is 13.1. The van der Waals surface area contributed by atoms with Gasteiger partial charge in [-0.1, -0.05) is 23.2 Å². The minimum absolute atomic E-state index is 0.143. The molecule has 0 atom stereocenters. The van der Waals surface area contributed by atoms with Gasteiger partial charge in [0.1, 0.15) is 5.82 Å². The fraction of sp³-hybridized carbons (Fsp3) is 0.353.